The smallest absolute Gasteiger partial charge is 0.304 e. The van der Waals surface area contributed by atoms with E-state index in [1.54, 1.807) is 12.1 Å². The Hall–Kier alpha value is -2.95. The first-order valence-corrected chi connectivity index (χ1v) is 6.59. The first kappa shape index (κ1) is 11.8. The summed E-state index contributed by atoms with van der Waals surface area (Å²) in [5.41, 5.74) is 2.96. The molecule has 102 valence electrons. The average molecular weight is 277 g/mol. The van der Waals surface area contributed by atoms with Crippen molar-refractivity contribution in [3.8, 4) is 0 Å². The molecule has 2 heterocycles. The second-order valence-corrected chi connectivity index (χ2v) is 5.01. The van der Waals surface area contributed by atoms with Gasteiger partial charge in [0.15, 0.2) is 0 Å². The van der Waals surface area contributed by atoms with Crippen LogP contribution in [0.1, 0.15) is 0 Å². The van der Waals surface area contributed by atoms with Crippen LogP contribution in [0.4, 0.5) is 5.69 Å². The van der Waals surface area contributed by atoms with Crippen LogP contribution in [0.25, 0.3) is 32.8 Å². The topological polar surface area (TPSA) is 61.0 Å². The molecule has 0 saturated carbocycles. The standard InChI is InChI=1S/C16H11N3O2/c1-18-13-9-5-3-7-11(13)14-16(18)15(19(20)21)10-6-2-4-8-12(10)17-14/h2-9H,1H3. The Bertz CT molecular complexity index is 1030. The molecule has 0 fully saturated rings. The summed E-state index contributed by atoms with van der Waals surface area (Å²) in [7, 11) is 1.84. The van der Waals surface area contributed by atoms with Crippen LogP contribution in [0.15, 0.2) is 48.5 Å². The van der Waals surface area contributed by atoms with Crippen molar-refractivity contribution in [3.05, 3.63) is 58.6 Å². The molecule has 5 heteroatoms. The van der Waals surface area contributed by atoms with Gasteiger partial charge in [0.05, 0.1) is 21.3 Å². The molecule has 0 N–H and O–H groups in total. The highest BCUT2D eigenvalue weighted by molar-refractivity contribution is 6.14. The molecule has 0 saturated heterocycles. The third-order valence-corrected chi connectivity index (χ3v) is 3.88. The monoisotopic (exact) mass is 277 g/mol. The minimum Gasteiger partial charge on any atom is -0.337 e. The van der Waals surface area contributed by atoms with Gasteiger partial charge in [-0.05, 0) is 18.2 Å². The van der Waals surface area contributed by atoms with Crippen LogP contribution < -0.4 is 0 Å². The summed E-state index contributed by atoms with van der Waals surface area (Å²) in [6.45, 7) is 0. The number of aromatic nitrogens is 2. The van der Waals surface area contributed by atoms with Crippen molar-refractivity contribution in [2.24, 2.45) is 7.05 Å². The van der Waals surface area contributed by atoms with Gasteiger partial charge in [0.2, 0.25) is 0 Å². The van der Waals surface area contributed by atoms with Crippen LogP contribution in [-0.2, 0) is 7.05 Å². The van der Waals surface area contributed by atoms with E-state index in [4.69, 9.17) is 0 Å². The average Bonchev–Trinajstić information content (AvgIpc) is 2.78. The number of benzene rings is 2. The van der Waals surface area contributed by atoms with Crippen LogP contribution in [0.2, 0.25) is 0 Å². The molecule has 21 heavy (non-hydrogen) atoms. The van der Waals surface area contributed by atoms with Crippen LogP contribution in [0.5, 0.6) is 0 Å². The summed E-state index contributed by atoms with van der Waals surface area (Å²) in [4.78, 5) is 16.0. The maximum atomic E-state index is 11.6. The van der Waals surface area contributed by atoms with Crippen LogP contribution in [0, 0.1) is 10.1 Å². The van der Waals surface area contributed by atoms with E-state index in [1.165, 1.54) is 0 Å². The van der Waals surface area contributed by atoms with E-state index in [2.05, 4.69) is 4.98 Å². The Morgan fingerprint density at radius 2 is 1.71 bits per heavy atom. The van der Waals surface area contributed by atoms with Gasteiger partial charge in [-0.25, -0.2) is 4.98 Å². The molecule has 2 aromatic heterocycles. The molecule has 0 unspecified atom stereocenters. The molecule has 5 nitrogen and oxygen atoms in total. The highest BCUT2D eigenvalue weighted by atomic mass is 16.6. The zero-order valence-corrected chi connectivity index (χ0v) is 11.3. The van der Waals surface area contributed by atoms with Crippen molar-refractivity contribution in [1.82, 2.24) is 9.55 Å². The second kappa shape index (κ2) is 4.02. The molecule has 2 aromatic carbocycles. The minimum absolute atomic E-state index is 0.120. The number of hydrogen-bond acceptors (Lipinski definition) is 3. The number of rotatable bonds is 1. The third-order valence-electron chi connectivity index (χ3n) is 3.88. The zero-order chi connectivity index (χ0) is 14.6. The highest BCUT2D eigenvalue weighted by Crippen LogP contribution is 2.37. The van der Waals surface area contributed by atoms with Gasteiger partial charge in [0, 0.05) is 12.4 Å². The Morgan fingerprint density at radius 3 is 2.48 bits per heavy atom. The van der Waals surface area contributed by atoms with Crippen LogP contribution in [-0.4, -0.2) is 14.5 Å². The van der Waals surface area contributed by atoms with E-state index in [0.717, 1.165) is 10.9 Å². The molecule has 0 aliphatic heterocycles. The van der Waals surface area contributed by atoms with E-state index < -0.39 is 0 Å². The highest BCUT2D eigenvalue weighted by Gasteiger charge is 2.23. The van der Waals surface area contributed by atoms with Gasteiger partial charge in [-0.15, -0.1) is 0 Å². The molecular formula is C16H11N3O2. The fourth-order valence-electron chi connectivity index (χ4n) is 2.96. The first-order chi connectivity index (χ1) is 10.2. The SMILES string of the molecule is Cn1c2ccccc2c2nc3ccccc3c([N+](=O)[O-])c21. The van der Waals surface area contributed by atoms with Gasteiger partial charge in [0.25, 0.3) is 0 Å². The lowest BCUT2D eigenvalue weighted by Crippen LogP contribution is -1.97. The Morgan fingerprint density at radius 1 is 1.05 bits per heavy atom. The molecule has 0 aliphatic rings. The lowest BCUT2D eigenvalue weighted by molar-refractivity contribution is -0.381. The lowest BCUT2D eigenvalue weighted by Gasteiger charge is -2.03. The Balaban J connectivity index is 2.39. The number of nitro groups is 1. The summed E-state index contributed by atoms with van der Waals surface area (Å²) in [5.74, 6) is 0. The number of pyridine rings is 1. The van der Waals surface area contributed by atoms with Gasteiger partial charge < -0.3 is 4.57 Å². The maximum absolute atomic E-state index is 11.6. The van der Waals surface area contributed by atoms with Crippen molar-refractivity contribution in [1.29, 1.82) is 0 Å². The van der Waals surface area contributed by atoms with Gasteiger partial charge >= 0.3 is 5.69 Å². The maximum Gasteiger partial charge on any atom is 0.304 e. The summed E-state index contributed by atoms with van der Waals surface area (Å²) in [5, 5.41) is 13.1. The third kappa shape index (κ3) is 1.48. The van der Waals surface area contributed by atoms with Crippen molar-refractivity contribution < 1.29 is 4.92 Å². The minimum atomic E-state index is -0.314. The zero-order valence-electron chi connectivity index (χ0n) is 11.3. The predicted molar refractivity (Wildman–Crippen MR) is 82.4 cm³/mol. The molecule has 4 rings (SSSR count). The van der Waals surface area contributed by atoms with Gasteiger partial charge in [-0.3, -0.25) is 10.1 Å². The number of nitrogens with zero attached hydrogens (tertiary/aromatic N) is 3. The van der Waals surface area contributed by atoms with E-state index in [-0.39, 0.29) is 10.6 Å². The van der Waals surface area contributed by atoms with Crippen molar-refractivity contribution in [2.75, 3.05) is 0 Å². The van der Waals surface area contributed by atoms with E-state index in [1.807, 2.05) is 48.0 Å². The molecule has 4 aromatic rings. The van der Waals surface area contributed by atoms with Crippen LogP contribution >= 0.6 is 0 Å². The number of aryl methyl sites for hydroxylation is 1. The van der Waals surface area contributed by atoms with E-state index in [0.29, 0.717) is 21.9 Å². The second-order valence-electron chi connectivity index (χ2n) is 5.01. The normalized spacial score (nSPS) is 11.5. The molecule has 0 radical (unpaired) electrons. The quantitative estimate of drug-likeness (QED) is 0.393. The van der Waals surface area contributed by atoms with E-state index in [9.17, 15) is 10.1 Å². The Kier molecular flexibility index (Phi) is 2.27. The summed E-state index contributed by atoms with van der Waals surface area (Å²) >= 11 is 0. The number of fused-ring (bicyclic) bond motifs is 4. The first-order valence-electron chi connectivity index (χ1n) is 6.59. The van der Waals surface area contributed by atoms with Crippen molar-refractivity contribution in [2.45, 2.75) is 0 Å². The fourth-order valence-corrected chi connectivity index (χ4v) is 2.96. The molecule has 0 aliphatic carbocycles. The number of para-hydroxylation sites is 2. The summed E-state index contributed by atoms with van der Waals surface area (Å²) in [6.07, 6.45) is 0. The van der Waals surface area contributed by atoms with Gasteiger partial charge in [0.1, 0.15) is 11.0 Å². The van der Waals surface area contributed by atoms with Crippen LogP contribution in [0.3, 0.4) is 0 Å². The Labute approximate surface area is 119 Å². The molecular weight excluding hydrogens is 266 g/mol. The summed E-state index contributed by atoms with van der Waals surface area (Å²) in [6, 6.07) is 14.9. The van der Waals surface area contributed by atoms with Gasteiger partial charge in [-0.2, -0.15) is 0 Å². The fraction of sp³-hybridized carbons (Fsp3) is 0.0625. The summed E-state index contributed by atoms with van der Waals surface area (Å²) < 4.78 is 1.85. The molecule has 0 amide bonds. The predicted octanol–water partition coefficient (Wildman–Crippen LogP) is 3.79. The van der Waals surface area contributed by atoms with Crippen molar-refractivity contribution >= 4 is 38.5 Å². The van der Waals surface area contributed by atoms with E-state index >= 15 is 0 Å². The largest absolute Gasteiger partial charge is 0.337 e. The van der Waals surface area contributed by atoms with Gasteiger partial charge in [-0.1, -0.05) is 30.3 Å². The molecule has 0 spiro atoms. The van der Waals surface area contributed by atoms with Crippen molar-refractivity contribution in [3.63, 3.8) is 0 Å². The molecule has 0 bridgehead atoms. The molecule has 0 atom stereocenters. The number of hydrogen-bond donors (Lipinski definition) is 0. The lowest BCUT2D eigenvalue weighted by atomic mass is 10.1.